The maximum Gasteiger partial charge on any atom is 0.697 e. The quantitative estimate of drug-likeness (QED) is 0.329. The molecule has 1 unspecified atom stereocenters. The molecular formula is C18H28N2O6P+. The van der Waals surface area contributed by atoms with Crippen LogP contribution >= 0.6 is 8.25 Å². The molecule has 0 fully saturated rings. The molecule has 1 aliphatic rings. The Labute approximate surface area is 159 Å². The molecule has 0 aromatic carbocycles. The number of unbranched alkanes of at least 4 members (excludes halogenated alkanes) is 5. The molecule has 0 saturated carbocycles. The molecule has 2 rings (SSSR count). The summed E-state index contributed by atoms with van der Waals surface area (Å²) in [4.78, 5) is 25.5. The molecule has 0 amide bonds. The highest BCUT2D eigenvalue weighted by Gasteiger charge is 2.27. The third kappa shape index (κ3) is 7.14. The van der Waals surface area contributed by atoms with Gasteiger partial charge in [0.15, 0.2) is 6.23 Å². The second-order valence-corrected chi connectivity index (χ2v) is 7.51. The lowest BCUT2D eigenvalue weighted by Crippen LogP contribution is -2.33. The molecule has 1 N–H and O–H groups in total. The van der Waals surface area contributed by atoms with Gasteiger partial charge in [0.2, 0.25) is 0 Å². The van der Waals surface area contributed by atoms with Gasteiger partial charge in [-0.05, 0) is 19.4 Å². The summed E-state index contributed by atoms with van der Waals surface area (Å²) in [6.07, 6.45) is 10.6. The first-order chi connectivity index (χ1) is 13.0. The van der Waals surface area contributed by atoms with E-state index in [1.54, 1.807) is 19.1 Å². The average molecular weight is 399 g/mol. The van der Waals surface area contributed by atoms with E-state index in [9.17, 15) is 14.2 Å². The third-order valence-electron chi connectivity index (χ3n) is 4.26. The van der Waals surface area contributed by atoms with Crippen LogP contribution < -0.4 is 11.2 Å². The number of H-pyrrole nitrogens is 1. The number of ether oxygens (including phenoxy) is 1. The zero-order chi connectivity index (χ0) is 19.6. The van der Waals surface area contributed by atoms with Crippen molar-refractivity contribution in [1.82, 2.24) is 9.55 Å². The van der Waals surface area contributed by atoms with Crippen molar-refractivity contribution in [1.29, 1.82) is 0 Å². The summed E-state index contributed by atoms with van der Waals surface area (Å²) in [5.41, 5.74) is -0.551. The molecule has 1 aromatic rings. The fourth-order valence-electron chi connectivity index (χ4n) is 2.71. The number of hydrogen-bond donors (Lipinski definition) is 1. The van der Waals surface area contributed by atoms with E-state index in [0.29, 0.717) is 12.2 Å². The van der Waals surface area contributed by atoms with E-state index in [-0.39, 0.29) is 6.61 Å². The summed E-state index contributed by atoms with van der Waals surface area (Å²) in [6.45, 7) is 4.27. The van der Waals surface area contributed by atoms with Crippen LogP contribution in [0.15, 0.2) is 27.9 Å². The van der Waals surface area contributed by atoms with Gasteiger partial charge in [-0.15, -0.1) is 9.05 Å². The smallest absolute Gasteiger partial charge is 0.344 e. The van der Waals surface area contributed by atoms with Gasteiger partial charge in [-0.25, -0.2) is 4.79 Å². The Hall–Kier alpha value is -1.60. The lowest BCUT2D eigenvalue weighted by Gasteiger charge is -2.14. The van der Waals surface area contributed by atoms with Gasteiger partial charge in [0.1, 0.15) is 19.3 Å². The van der Waals surface area contributed by atoms with Crippen LogP contribution in [0.2, 0.25) is 0 Å². The van der Waals surface area contributed by atoms with Crippen LogP contribution in [0.25, 0.3) is 0 Å². The average Bonchev–Trinajstić information content (AvgIpc) is 3.11. The minimum absolute atomic E-state index is 0.0653. The van der Waals surface area contributed by atoms with Crippen LogP contribution in [0.1, 0.15) is 57.2 Å². The molecule has 0 spiro atoms. The van der Waals surface area contributed by atoms with Crippen molar-refractivity contribution in [2.45, 2.75) is 64.7 Å². The maximum absolute atomic E-state index is 11.9. The number of nitrogens with zero attached hydrogens (tertiary/aromatic N) is 1. The van der Waals surface area contributed by atoms with E-state index in [4.69, 9.17) is 13.8 Å². The largest absolute Gasteiger partial charge is 0.697 e. The molecule has 0 aliphatic carbocycles. The van der Waals surface area contributed by atoms with Crippen molar-refractivity contribution < 1.29 is 18.3 Å². The second-order valence-electron chi connectivity index (χ2n) is 6.55. The van der Waals surface area contributed by atoms with E-state index < -0.39 is 31.8 Å². The Morgan fingerprint density at radius 1 is 1.15 bits per heavy atom. The van der Waals surface area contributed by atoms with Crippen molar-refractivity contribution in [3.8, 4) is 0 Å². The van der Waals surface area contributed by atoms with Gasteiger partial charge >= 0.3 is 13.9 Å². The Morgan fingerprint density at radius 3 is 2.67 bits per heavy atom. The summed E-state index contributed by atoms with van der Waals surface area (Å²) in [5, 5.41) is 0. The summed E-state index contributed by atoms with van der Waals surface area (Å²) in [7, 11) is -2.19. The Balaban J connectivity index is 1.66. The number of rotatable bonds is 12. The van der Waals surface area contributed by atoms with Crippen molar-refractivity contribution in [3.63, 3.8) is 0 Å². The monoisotopic (exact) mass is 399 g/mol. The summed E-state index contributed by atoms with van der Waals surface area (Å²) >= 11 is 0. The normalized spacial score (nSPS) is 19.6. The van der Waals surface area contributed by atoms with Crippen LogP contribution in [0, 0.1) is 6.92 Å². The van der Waals surface area contributed by atoms with Crippen LogP contribution in [0.5, 0.6) is 0 Å². The van der Waals surface area contributed by atoms with Gasteiger partial charge < -0.3 is 4.74 Å². The Bertz CT molecular complexity index is 757. The van der Waals surface area contributed by atoms with Crippen molar-refractivity contribution in [2.75, 3.05) is 13.2 Å². The fourth-order valence-corrected chi connectivity index (χ4v) is 3.33. The summed E-state index contributed by atoms with van der Waals surface area (Å²) < 4.78 is 29.1. The SMILES string of the molecule is CCCCCCCCO[P+](=O)OC[C@@H]1C=C[C@H](n2cc(C)c(=O)[nH]c2=O)O1. The van der Waals surface area contributed by atoms with Gasteiger partial charge in [0.05, 0.1) is 0 Å². The number of aromatic amines is 1. The second kappa shape index (κ2) is 11.3. The maximum atomic E-state index is 11.9. The van der Waals surface area contributed by atoms with Gasteiger partial charge in [0, 0.05) is 16.3 Å². The molecule has 0 radical (unpaired) electrons. The lowest BCUT2D eigenvalue weighted by atomic mass is 10.1. The predicted octanol–water partition coefficient (Wildman–Crippen LogP) is 3.35. The minimum Gasteiger partial charge on any atom is -0.344 e. The molecule has 27 heavy (non-hydrogen) atoms. The third-order valence-corrected chi connectivity index (χ3v) is 5.02. The first kappa shape index (κ1) is 21.7. The molecule has 0 saturated heterocycles. The number of nitrogens with one attached hydrogen (secondary N) is 1. The highest BCUT2D eigenvalue weighted by molar-refractivity contribution is 7.33. The lowest BCUT2D eigenvalue weighted by molar-refractivity contribution is -0.00684. The van der Waals surface area contributed by atoms with E-state index in [2.05, 4.69) is 11.9 Å². The fraction of sp³-hybridized carbons (Fsp3) is 0.667. The van der Waals surface area contributed by atoms with E-state index >= 15 is 0 Å². The first-order valence-corrected chi connectivity index (χ1v) is 10.5. The molecule has 0 bridgehead atoms. The molecule has 1 aromatic heterocycles. The zero-order valence-corrected chi connectivity index (χ0v) is 16.8. The van der Waals surface area contributed by atoms with Crippen LogP contribution in [-0.4, -0.2) is 28.9 Å². The van der Waals surface area contributed by atoms with Crippen LogP contribution in [0.4, 0.5) is 0 Å². The van der Waals surface area contributed by atoms with Gasteiger partial charge in [-0.1, -0.05) is 45.1 Å². The van der Waals surface area contributed by atoms with E-state index in [1.165, 1.54) is 36.4 Å². The van der Waals surface area contributed by atoms with Gasteiger partial charge in [0.25, 0.3) is 5.56 Å². The topological polar surface area (TPSA) is 99.6 Å². The van der Waals surface area contributed by atoms with Crippen LogP contribution in [0.3, 0.4) is 0 Å². The molecular weight excluding hydrogens is 371 g/mol. The van der Waals surface area contributed by atoms with Crippen LogP contribution in [-0.2, 0) is 18.3 Å². The Kier molecular flexibility index (Phi) is 9.07. The highest BCUT2D eigenvalue weighted by Crippen LogP contribution is 2.27. The van der Waals surface area contributed by atoms with Gasteiger partial charge in [-0.2, -0.15) is 0 Å². The van der Waals surface area contributed by atoms with Crippen molar-refractivity contribution in [3.05, 3.63) is 44.8 Å². The highest BCUT2D eigenvalue weighted by atomic mass is 31.1. The molecule has 3 atom stereocenters. The van der Waals surface area contributed by atoms with E-state index in [0.717, 1.165) is 12.8 Å². The Morgan fingerprint density at radius 2 is 1.89 bits per heavy atom. The molecule has 8 nitrogen and oxygen atoms in total. The number of aryl methyl sites for hydroxylation is 1. The summed E-state index contributed by atoms with van der Waals surface area (Å²) in [5.74, 6) is 0. The van der Waals surface area contributed by atoms with E-state index in [1.807, 2.05) is 0 Å². The molecule has 2 heterocycles. The molecule has 1 aliphatic heterocycles. The van der Waals surface area contributed by atoms with Crippen molar-refractivity contribution >= 4 is 8.25 Å². The van der Waals surface area contributed by atoms with Crippen molar-refractivity contribution in [2.24, 2.45) is 0 Å². The molecule has 150 valence electrons. The van der Waals surface area contributed by atoms with Gasteiger partial charge in [-0.3, -0.25) is 14.3 Å². The number of aromatic nitrogens is 2. The molecule has 9 heteroatoms. The standard InChI is InChI=1S/C18H27N2O6P/c1-3-4-5-6-7-8-11-24-27(23)25-13-15-9-10-16(26-15)20-12-14(2)17(21)19-18(20)22/h9-10,12,15-16H,3-8,11,13H2,1-2H3/p+1/t15-,16+/m0/s1. The zero-order valence-electron chi connectivity index (χ0n) is 15.9. The predicted molar refractivity (Wildman–Crippen MR) is 102 cm³/mol. The minimum atomic E-state index is -2.19. The first-order valence-electron chi connectivity index (χ1n) is 9.40. The number of hydrogen-bond acceptors (Lipinski definition) is 6. The summed E-state index contributed by atoms with van der Waals surface area (Å²) in [6, 6.07) is 0.